The maximum atomic E-state index is 11.2. The van der Waals surface area contributed by atoms with Crippen LogP contribution >= 0.6 is 23.5 Å². The summed E-state index contributed by atoms with van der Waals surface area (Å²) < 4.78 is 0.00963. The lowest BCUT2D eigenvalue weighted by Gasteiger charge is -1.98. The molecule has 0 unspecified atom stereocenters. The van der Waals surface area contributed by atoms with E-state index < -0.39 is 0 Å². The molecule has 0 aromatic heterocycles. The van der Waals surface area contributed by atoms with Gasteiger partial charge in [0, 0.05) is 5.75 Å². The second kappa shape index (κ2) is 6.52. The van der Waals surface area contributed by atoms with E-state index in [0.29, 0.717) is 5.75 Å². The van der Waals surface area contributed by atoms with Gasteiger partial charge in [-0.25, -0.2) is 0 Å². The maximum Gasteiger partial charge on any atom is 0.247 e. The molecule has 0 atom stereocenters. The van der Waals surface area contributed by atoms with Crippen LogP contribution in [0.3, 0.4) is 0 Å². The standard InChI is InChI=1S/C10H9NOS2/c11-6-7-13-10(12)14-8-9-4-2-1-3-5-9/h1-5H,7-8H2. The fraction of sp³-hybridized carbons (Fsp3) is 0.200. The number of benzene rings is 1. The summed E-state index contributed by atoms with van der Waals surface area (Å²) >= 11 is 2.30. The summed E-state index contributed by atoms with van der Waals surface area (Å²) in [4.78, 5) is 11.2. The SMILES string of the molecule is N#CCSC(=O)SCc1ccccc1. The van der Waals surface area contributed by atoms with E-state index in [2.05, 4.69) is 0 Å². The Morgan fingerprint density at radius 3 is 2.64 bits per heavy atom. The molecule has 0 radical (unpaired) electrons. The van der Waals surface area contributed by atoms with Gasteiger partial charge in [0.05, 0.1) is 11.8 Å². The van der Waals surface area contributed by atoms with Gasteiger partial charge in [-0.1, -0.05) is 53.9 Å². The maximum absolute atomic E-state index is 11.2. The van der Waals surface area contributed by atoms with Crippen molar-refractivity contribution in [2.24, 2.45) is 0 Å². The van der Waals surface area contributed by atoms with Gasteiger partial charge in [-0.05, 0) is 5.56 Å². The predicted molar refractivity (Wildman–Crippen MR) is 61.2 cm³/mol. The number of carbonyl (C=O) groups is 1. The largest absolute Gasteiger partial charge is 0.274 e. The molecular weight excluding hydrogens is 214 g/mol. The fourth-order valence-electron chi connectivity index (χ4n) is 0.849. The number of rotatable bonds is 3. The predicted octanol–water partition coefficient (Wildman–Crippen LogP) is 3.30. The highest BCUT2D eigenvalue weighted by Crippen LogP contribution is 2.20. The molecule has 0 saturated carbocycles. The molecule has 0 amide bonds. The zero-order valence-corrected chi connectivity index (χ0v) is 9.11. The Balaban J connectivity index is 2.28. The first-order valence-electron chi connectivity index (χ1n) is 4.03. The van der Waals surface area contributed by atoms with E-state index in [1.807, 2.05) is 36.4 Å². The molecule has 0 saturated heterocycles. The van der Waals surface area contributed by atoms with Crippen LogP contribution in [-0.4, -0.2) is 10.2 Å². The molecule has 14 heavy (non-hydrogen) atoms. The molecule has 72 valence electrons. The Bertz CT molecular complexity index is 332. The first kappa shape index (κ1) is 11.2. The zero-order chi connectivity index (χ0) is 10.2. The van der Waals surface area contributed by atoms with Crippen LogP contribution in [0.15, 0.2) is 30.3 Å². The first-order valence-corrected chi connectivity index (χ1v) is 6.00. The molecule has 0 aliphatic carbocycles. The minimum Gasteiger partial charge on any atom is -0.274 e. The van der Waals surface area contributed by atoms with Crippen molar-refractivity contribution < 1.29 is 4.79 Å². The lowest BCUT2D eigenvalue weighted by atomic mass is 10.2. The summed E-state index contributed by atoms with van der Waals surface area (Å²) in [5.74, 6) is 0.915. The van der Waals surface area contributed by atoms with E-state index in [1.54, 1.807) is 0 Å². The molecule has 1 rings (SSSR count). The smallest absolute Gasteiger partial charge is 0.247 e. The molecule has 0 aliphatic rings. The summed E-state index contributed by atoms with van der Waals surface area (Å²) in [5.41, 5.74) is 1.13. The Morgan fingerprint density at radius 2 is 2.00 bits per heavy atom. The molecule has 4 heteroatoms. The number of hydrogen-bond donors (Lipinski definition) is 0. The average molecular weight is 223 g/mol. The summed E-state index contributed by atoms with van der Waals surface area (Å²) in [6.45, 7) is 0. The van der Waals surface area contributed by atoms with Gasteiger partial charge in [0.25, 0.3) is 0 Å². The molecule has 0 bridgehead atoms. The van der Waals surface area contributed by atoms with Crippen LogP contribution < -0.4 is 0 Å². The van der Waals surface area contributed by atoms with Gasteiger partial charge < -0.3 is 0 Å². The number of hydrogen-bond acceptors (Lipinski definition) is 4. The van der Waals surface area contributed by atoms with E-state index in [9.17, 15) is 4.79 Å². The Kier molecular flexibility index (Phi) is 5.20. The molecule has 0 fully saturated rings. The van der Waals surface area contributed by atoms with Crippen LogP contribution in [0.4, 0.5) is 4.79 Å². The van der Waals surface area contributed by atoms with Crippen LogP contribution in [0, 0.1) is 11.3 Å². The van der Waals surface area contributed by atoms with E-state index in [0.717, 1.165) is 17.3 Å². The number of nitriles is 1. The molecule has 1 aromatic rings. The Labute approximate surface area is 91.7 Å². The van der Waals surface area contributed by atoms with Gasteiger partial charge in [0.15, 0.2) is 0 Å². The minimum absolute atomic E-state index is 0.00963. The number of thioether (sulfide) groups is 2. The molecule has 1 aromatic carbocycles. The first-order chi connectivity index (χ1) is 6.83. The van der Waals surface area contributed by atoms with E-state index in [1.165, 1.54) is 11.8 Å². The normalized spacial score (nSPS) is 9.36. The molecule has 0 aliphatic heterocycles. The highest BCUT2D eigenvalue weighted by atomic mass is 32.2. The van der Waals surface area contributed by atoms with Crippen molar-refractivity contribution in [3.8, 4) is 6.07 Å². The zero-order valence-electron chi connectivity index (χ0n) is 7.47. The third-order valence-electron chi connectivity index (χ3n) is 1.45. The van der Waals surface area contributed by atoms with E-state index in [-0.39, 0.29) is 10.2 Å². The number of carbonyl (C=O) groups excluding carboxylic acids is 1. The Morgan fingerprint density at radius 1 is 1.29 bits per heavy atom. The van der Waals surface area contributed by atoms with Crippen LogP contribution in [-0.2, 0) is 5.75 Å². The summed E-state index contributed by atoms with van der Waals surface area (Å²) in [6, 6.07) is 11.7. The quantitative estimate of drug-likeness (QED) is 0.788. The highest BCUT2D eigenvalue weighted by Gasteiger charge is 2.02. The van der Waals surface area contributed by atoms with Gasteiger partial charge in [-0.3, -0.25) is 4.79 Å². The Hall–Kier alpha value is -0.920. The second-order valence-electron chi connectivity index (χ2n) is 2.47. The summed E-state index contributed by atoms with van der Waals surface area (Å²) in [5, 5.41) is 8.27. The third-order valence-corrected chi connectivity index (χ3v) is 3.38. The van der Waals surface area contributed by atoms with Gasteiger partial charge in [0.1, 0.15) is 0 Å². The van der Waals surface area contributed by atoms with Crippen molar-refractivity contribution in [2.45, 2.75) is 5.75 Å². The summed E-state index contributed by atoms with van der Waals surface area (Å²) in [6.07, 6.45) is 0. The number of nitrogens with zero attached hydrogens (tertiary/aromatic N) is 1. The van der Waals surface area contributed by atoms with Crippen LogP contribution in [0.25, 0.3) is 0 Å². The van der Waals surface area contributed by atoms with Gasteiger partial charge in [-0.15, -0.1) is 0 Å². The molecule has 0 N–H and O–H groups in total. The highest BCUT2D eigenvalue weighted by molar-refractivity contribution is 8.38. The lowest BCUT2D eigenvalue weighted by molar-refractivity contribution is 0.276. The van der Waals surface area contributed by atoms with Crippen molar-refractivity contribution in [3.63, 3.8) is 0 Å². The van der Waals surface area contributed by atoms with Gasteiger partial charge in [-0.2, -0.15) is 5.26 Å². The van der Waals surface area contributed by atoms with E-state index in [4.69, 9.17) is 5.26 Å². The van der Waals surface area contributed by atoms with Crippen molar-refractivity contribution in [3.05, 3.63) is 35.9 Å². The van der Waals surface area contributed by atoms with Crippen molar-refractivity contribution in [2.75, 3.05) is 5.75 Å². The molecule has 2 nitrogen and oxygen atoms in total. The second-order valence-corrected chi connectivity index (χ2v) is 4.63. The van der Waals surface area contributed by atoms with Crippen molar-refractivity contribution in [1.82, 2.24) is 0 Å². The van der Waals surface area contributed by atoms with E-state index >= 15 is 0 Å². The van der Waals surface area contributed by atoms with Crippen LogP contribution in [0.1, 0.15) is 5.56 Å². The minimum atomic E-state index is 0.00963. The molecule has 0 spiro atoms. The van der Waals surface area contributed by atoms with Crippen molar-refractivity contribution >= 4 is 28.0 Å². The lowest BCUT2D eigenvalue weighted by Crippen LogP contribution is -1.85. The average Bonchev–Trinajstić information content (AvgIpc) is 2.25. The van der Waals surface area contributed by atoms with Crippen LogP contribution in [0.5, 0.6) is 0 Å². The molecular formula is C10H9NOS2. The van der Waals surface area contributed by atoms with Crippen molar-refractivity contribution in [1.29, 1.82) is 5.26 Å². The third kappa shape index (κ3) is 4.35. The van der Waals surface area contributed by atoms with Gasteiger partial charge >= 0.3 is 0 Å². The fourth-order valence-corrected chi connectivity index (χ4v) is 2.20. The monoisotopic (exact) mass is 223 g/mol. The van der Waals surface area contributed by atoms with Crippen LogP contribution in [0.2, 0.25) is 0 Å². The molecule has 0 heterocycles. The topological polar surface area (TPSA) is 40.9 Å². The van der Waals surface area contributed by atoms with Gasteiger partial charge in [0.2, 0.25) is 4.45 Å². The summed E-state index contributed by atoms with van der Waals surface area (Å²) in [7, 11) is 0.